The summed E-state index contributed by atoms with van der Waals surface area (Å²) in [6.07, 6.45) is 0. The molecule has 0 N–H and O–H groups in total. The predicted molar refractivity (Wildman–Crippen MR) is 102 cm³/mol. The van der Waals surface area contributed by atoms with Gasteiger partial charge < -0.3 is 9.80 Å². The van der Waals surface area contributed by atoms with Crippen molar-refractivity contribution in [1.29, 1.82) is 0 Å². The molecule has 0 radical (unpaired) electrons. The van der Waals surface area contributed by atoms with Crippen LogP contribution in [0.5, 0.6) is 0 Å². The average molecular weight is 317 g/mol. The molecule has 122 valence electrons. The first-order chi connectivity index (χ1) is 11.7. The van der Waals surface area contributed by atoms with Gasteiger partial charge in [-0.3, -0.25) is 0 Å². The highest BCUT2D eigenvalue weighted by atomic mass is 15.2. The van der Waals surface area contributed by atoms with Gasteiger partial charge in [-0.25, -0.2) is 4.98 Å². The number of anilines is 1. The second kappa shape index (κ2) is 6.25. The van der Waals surface area contributed by atoms with E-state index < -0.39 is 0 Å². The summed E-state index contributed by atoms with van der Waals surface area (Å²) >= 11 is 0. The maximum atomic E-state index is 4.84. The van der Waals surface area contributed by atoms with Gasteiger partial charge in [-0.1, -0.05) is 30.3 Å². The van der Waals surface area contributed by atoms with Gasteiger partial charge in [0.25, 0.3) is 0 Å². The molecule has 0 bridgehead atoms. The number of benzene rings is 2. The first-order valence-corrected chi connectivity index (χ1v) is 8.61. The molecule has 0 aliphatic carbocycles. The van der Waals surface area contributed by atoms with E-state index in [9.17, 15) is 0 Å². The first-order valence-electron chi connectivity index (χ1n) is 8.61. The molecule has 2 heterocycles. The Hall–Kier alpha value is -2.39. The van der Waals surface area contributed by atoms with Gasteiger partial charge in [-0.05, 0) is 43.8 Å². The molecule has 1 saturated heterocycles. The lowest BCUT2D eigenvalue weighted by molar-refractivity contribution is 0.313. The number of nitrogens with zero attached hydrogens (tertiary/aromatic N) is 3. The van der Waals surface area contributed by atoms with Crippen LogP contribution in [0.15, 0.2) is 54.6 Å². The Morgan fingerprint density at radius 1 is 0.875 bits per heavy atom. The topological polar surface area (TPSA) is 19.4 Å². The number of aryl methyl sites for hydroxylation is 1. The van der Waals surface area contributed by atoms with Crippen LogP contribution in [0.2, 0.25) is 0 Å². The number of aromatic nitrogens is 1. The fourth-order valence-electron chi connectivity index (χ4n) is 3.41. The van der Waals surface area contributed by atoms with Gasteiger partial charge in [0, 0.05) is 42.8 Å². The van der Waals surface area contributed by atoms with Crippen molar-refractivity contribution in [3.05, 3.63) is 60.2 Å². The van der Waals surface area contributed by atoms with Gasteiger partial charge >= 0.3 is 0 Å². The van der Waals surface area contributed by atoms with E-state index in [0.717, 1.165) is 37.4 Å². The minimum absolute atomic E-state index is 1.05. The van der Waals surface area contributed by atoms with Crippen molar-refractivity contribution < 1.29 is 0 Å². The SMILES string of the molecule is Cc1cc(-c2ccc(N3CCN(C)CC3)cc2)nc2ccccc12. The van der Waals surface area contributed by atoms with Crippen LogP contribution >= 0.6 is 0 Å². The molecule has 0 atom stereocenters. The molecule has 3 aromatic rings. The van der Waals surface area contributed by atoms with Crippen molar-refractivity contribution in [1.82, 2.24) is 9.88 Å². The van der Waals surface area contributed by atoms with Crippen LogP contribution in [0.3, 0.4) is 0 Å². The average Bonchev–Trinajstić information content (AvgIpc) is 2.62. The maximum absolute atomic E-state index is 4.84. The van der Waals surface area contributed by atoms with Crippen molar-refractivity contribution in [2.75, 3.05) is 38.1 Å². The zero-order chi connectivity index (χ0) is 16.5. The van der Waals surface area contributed by atoms with E-state index in [1.165, 1.54) is 22.2 Å². The molecule has 2 aromatic carbocycles. The number of pyridine rings is 1. The summed E-state index contributed by atoms with van der Waals surface area (Å²) < 4.78 is 0. The predicted octanol–water partition coefficient (Wildman–Crippen LogP) is 3.96. The van der Waals surface area contributed by atoms with Crippen LogP contribution in [0.4, 0.5) is 5.69 Å². The summed E-state index contributed by atoms with van der Waals surface area (Å²) in [6.45, 7) is 6.62. The van der Waals surface area contributed by atoms with Gasteiger partial charge in [0.2, 0.25) is 0 Å². The van der Waals surface area contributed by atoms with Crippen molar-refractivity contribution >= 4 is 16.6 Å². The lowest BCUT2D eigenvalue weighted by Crippen LogP contribution is -2.44. The normalized spacial score (nSPS) is 15.8. The van der Waals surface area contributed by atoms with Gasteiger partial charge in [0.1, 0.15) is 0 Å². The molecule has 1 fully saturated rings. The minimum Gasteiger partial charge on any atom is -0.369 e. The third-order valence-corrected chi connectivity index (χ3v) is 4.95. The summed E-state index contributed by atoms with van der Waals surface area (Å²) in [7, 11) is 2.19. The van der Waals surface area contributed by atoms with Crippen molar-refractivity contribution in [3.63, 3.8) is 0 Å². The fraction of sp³-hybridized carbons (Fsp3) is 0.286. The first kappa shape index (κ1) is 15.2. The molecule has 0 spiro atoms. The van der Waals surface area contributed by atoms with Gasteiger partial charge in [0.15, 0.2) is 0 Å². The second-order valence-corrected chi connectivity index (χ2v) is 6.68. The number of likely N-dealkylation sites (N-methyl/N-ethyl adjacent to an activating group) is 1. The van der Waals surface area contributed by atoms with E-state index in [2.05, 4.69) is 78.4 Å². The smallest absolute Gasteiger partial charge is 0.0712 e. The Kier molecular flexibility index (Phi) is 3.95. The highest BCUT2D eigenvalue weighted by molar-refractivity contribution is 5.85. The molecule has 4 rings (SSSR count). The van der Waals surface area contributed by atoms with Gasteiger partial charge in [-0.2, -0.15) is 0 Å². The fourth-order valence-corrected chi connectivity index (χ4v) is 3.41. The third-order valence-electron chi connectivity index (χ3n) is 4.95. The molecule has 24 heavy (non-hydrogen) atoms. The van der Waals surface area contributed by atoms with Gasteiger partial charge in [-0.15, -0.1) is 0 Å². The van der Waals surface area contributed by atoms with E-state index in [-0.39, 0.29) is 0 Å². The highest BCUT2D eigenvalue weighted by Gasteiger charge is 2.14. The van der Waals surface area contributed by atoms with Crippen LogP contribution in [-0.4, -0.2) is 43.1 Å². The minimum atomic E-state index is 1.05. The summed E-state index contributed by atoms with van der Waals surface area (Å²) in [6, 6.07) is 19.4. The van der Waals surface area contributed by atoms with Crippen LogP contribution in [-0.2, 0) is 0 Å². The molecule has 1 aromatic heterocycles. The zero-order valence-corrected chi connectivity index (χ0v) is 14.4. The molecule has 0 saturated carbocycles. The third kappa shape index (κ3) is 2.87. The van der Waals surface area contributed by atoms with Crippen LogP contribution in [0.25, 0.3) is 22.2 Å². The van der Waals surface area contributed by atoms with Gasteiger partial charge in [0.05, 0.1) is 11.2 Å². The Morgan fingerprint density at radius 2 is 1.58 bits per heavy atom. The Labute approximate surface area is 143 Å². The lowest BCUT2D eigenvalue weighted by atomic mass is 10.0. The molecule has 3 nitrogen and oxygen atoms in total. The number of hydrogen-bond donors (Lipinski definition) is 0. The summed E-state index contributed by atoms with van der Waals surface area (Å²) in [5.74, 6) is 0. The lowest BCUT2D eigenvalue weighted by Gasteiger charge is -2.34. The number of para-hydroxylation sites is 1. The van der Waals surface area contributed by atoms with E-state index in [4.69, 9.17) is 4.98 Å². The maximum Gasteiger partial charge on any atom is 0.0712 e. The molecular formula is C21H23N3. The van der Waals surface area contributed by atoms with Crippen LogP contribution in [0.1, 0.15) is 5.56 Å². The summed E-state index contributed by atoms with van der Waals surface area (Å²) in [4.78, 5) is 9.68. The standard InChI is InChI=1S/C21H23N3/c1-16-15-21(22-20-6-4-3-5-19(16)20)17-7-9-18(10-8-17)24-13-11-23(2)12-14-24/h3-10,15H,11-14H2,1-2H3. The number of piperazine rings is 1. The Morgan fingerprint density at radius 3 is 2.33 bits per heavy atom. The monoisotopic (exact) mass is 317 g/mol. The molecule has 0 unspecified atom stereocenters. The number of rotatable bonds is 2. The van der Waals surface area contributed by atoms with E-state index in [1.54, 1.807) is 0 Å². The molecule has 1 aliphatic rings. The Bertz CT molecular complexity index is 847. The zero-order valence-electron chi connectivity index (χ0n) is 14.4. The largest absolute Gasteiger partial charge is 0.369 e. The van der Waals surface area contributed by atoms with E-state index in [1.807, 2.05) is 0 Å². The summed E-state index contributed by atoms with van der Waals surface area (Å²) in [5, 5.41) is 1.23. The molecule has 1 aliphatic heterocycles. The van der Waals surface area contributed by atoms with Crippen molar-refractivity contribution in [3.8, 4) is 11.3 Å². The van der Waals surface area contributed by atoms with Crippen LogP contribution in [0, 0.1) is 6.92 Å². The van der Waals surface area contributed by atoms with E-state index in [0.29, 0.717) is 0 Å². The number of hydrogen-bond acceptors (Lipinski definition) is 3. The molecular weight excluding hydrogens is 294 g/mol. The number of fused-ring (bicyclic) bond motifs is 1. The van der Waals surface area contributed by atoms with Crippen molar-refractivity contribution in [2.24, 2.45) is 0 Å². The molecule has 0 amide bonds. The van der Waals surface area contributed by atoms with E-state index >= 15 is 0 Å². The molecule has 3 heteroatoms. The Balaban J connectivity index is 1.63. The summed E-state index contributed by atoms with van der Waals surface area (Å²) in [5.41, 5.74) is 5.89. The quantitative estimate of drug-likeness (QED) is 0.713. The van der Waals surface area contributed by atoms with Crippen molar-refractivity contribution in [2.45, 2.75) is 6.92 Å². The highest BCUT2D eigenvalue weighted by Crippen LogP contribution is 2.26. The van der Waals surface area contributed by atoms with Crippen LogP contribution < -0.4 is 4.90 Å². The second-order valence-electron chi connectivity index (χ2n) is 6.68.